The Balaban J connectivity index is 1.75. The van der Waals surface area contributed by atoms with Crippen LogP contribution >= 0.6 is 0 Å². The number of rotatable bonds is 2. The van der Waals surface area contributed by atoms with Gasteiger partial charge in [0.25, 0.3) is 0 Å². The summed E-state index contributed by atoms with van der Waals surface area (Å²) in [6.07, 6.45) is 1.81. The summed E-state index contributed by atoms with van der Waals surface area (Å²) in [4.78, 5) is 4.41. The fourth-order valence-corrected chi connectivity index (χ4v) is 2.16. The normalized spacial score (nSPS) is 11.1. The molecule has 5 heteroatoms. The highest BCUT2D eigenvalue weighted by Gasteiger charge is 2.12. The van der Waals surface area contributed by atoms with Crippen LogP contribution in [-0.4, -0.2) is 14.6 Å². The first kappa shape index (κ1) is 11.8. The van der Waals surface area contributed by atoms with Gasteiger partial charge in [-0.3, -0.25) is 0 Å². The molecule has 0 N–H and O–H groups in total. The molecule has 2 aromatic carbocycles. The third-order valence-corrected chi connectivity index (χ3v) is 3.20. The van der Waals surface area contributed by atoms with Crippen LogP contribution in [-0.2, 0) is 0 Å². The maximum atomic E-state index is 12.9. The van der Waals surface area contributed by atoms with Gasteiger partial charge < -0.3 is 4.42 Å². The maximum absolute atomic E-state index is 12.9. The van der Waals surface area contributed by atoms with Crippen molar-refractivity contribution in [2.45, 2.75) is 0 Å². The van der Waals surface area contributed by atoms with Crippen molar-refractivity contribution in [3.63, 3.8) is 0 Å². The van der Waals surface area contributed by atoms with Gasteiger partial charge in [-0.15, -0.1) is 5.10 Å². The van der Waals surface area contributed by atoms with E-state index in [2.05, 4.69) is 10.1 Å². The smallest absolute Gasteiger partial charge is 0.325 e. The highest BCUT2D eigenvalue weighted by atomic mass is 19.1. The Labute approximate surface area is 119 Å². The zero-order valence-electron chi connectivity index (χ0n) is 10.9. The zero-order chi connectivity index (χ0) is 14.2. The Morgan fingerprint density at radius 1 is 0.905 bits per heavy atom. The monoisotopic (exact) mass is 279 g/mol. The number of aromatic nitrogens is 3. The van der Waals surface area contributed by atoms with Crippen molar-refractivity contribution in [2.24, 2.45) is 0 Å². The van der Waals surface area contributed by atoms with Gasteiger partial charge in [0.2, 0.25) is 5.89 Å². The van der Waals surface area contributed by atoms with Gasteiger partial charge in [0.15, 0.2) is 0 Å². The van der Waals surface area contributed by atoms with E-state index in [1.54, 1.807) is 22.8 Å². The van der Waals surface area contributed by atoms with Crippen molar-refractivity contribution < 1.29 is 8.81 Å². The van der Waals surface area contributed by atoms with Crippen molar-refractivity contribution in [3.05, 3.63) is 66.6 Å². The third kappa shape index (κ3) is 2.08. The first-order valence-electron chi connectivity index (χ1n) is 6.47. The Morgan fingerprint density at radius 3 is 2.38 bits per heavy atom. The van der Waals surface area contributed by atoms with Crippen LogP contribution in [0.2, 0.25) is 0 Å². The van der Waals surface area contributed by atoms with Crippen LogP contribution in [0.5, 0.6) is 0 Å². The fourth-order valence-electron chi connectivity index (χ4n) is 2.16. The summed E-state index contributed by atoms with van der Waals surface area (Å²) in [6.45, 7) is 0. The number of imidazole rings is 1. The van der Waals surface area contributed by atoms with Crippen molar-refractivity contribution in [1.82, 2.24) is 14.6 Å². The lowest BCUT2D eigenvalue weighted by Gasteiger charge is -1.94. The lowest BCUT2D eigenvalue weighted by Crippen LogP contribution is -1.83. The summed E-state index contributed by atoms with van der Waals surface area (Å²) in [6, 6.07) is 15.8. The second kappa shape index (κ2) is 4.56. The summed E-state index contributed by atoms with van der Waals surface area (Å²) in [5.74, 6) is 0.534. The van der Waals surface area contributed by atoms with Gasteiger partial charge >= 0.3 is 5.84 Å². The Bertz CT molecular complexity index is 863. The number of halogens is 1. The number of nitrogens with zero attached hydrogens (tertiary/aromatic N) is 3. The number of hydrogen-bond donors (Lipinski definition) is 0. The molecular weight excluding hydrogens is 269 g/mol. The van der Waals surface area contributed by atoms with E-state index in [0.29, 0.717) is 17.3 Å². The van der Waals surface area contributed by atoms with Crippen LogP contribution in [0.25, 0.3) is 28.6 Å². The van der Waals surface area contributed by atoms with Crippen molar-refractivity contribution in [1.29, 1.82) is 0 Å². The predicted molar refractivity (Wildman–Crippen MR) is 76.1 cm³/mol. The van der Waals surface area contributed by atoms with E-state index in [0.717, 1.165) is 11.3 Å². The molecule has 2 aromatic heterocycles. The Hall–Kier alpha value is -2.95. The quantitative estimate of drug-likeness (QED) is 0.560. The largest absolute Gasteiger partial charge is 0.403 e. The summed E-state index contributed by atoms with van der Waals surface area (Å²) in [5.41, 5.74) is 2.51. The fraction of sp³-hybridized carbons (Fsp3) is 0. The van der Waals surface area contributed by atoms with Crippen molar-refractivity contribution >= 4 is 5.84 Å². The maximum Gasteiger partial charge on any atom is 0.325 e. The van der Waals surface area contributed by atoms with E-state index in [-0.39, 0.29) is 5.82 Å². The summed E-state index contributed by atoms with van der Waals surface area (Å²) in [5, 5.41) is 4.32. The molecule has 2 heterocycles. The molecule has 0 bridgehead atoms. The van der Waals surface area contributed by atoms with Gasteiger partial charge in [0, 0.05) is 11.1 Å². The zero-order valence-corrected chi connectivity index (χ0v) is 10.9. The minimum absolute atomic E-state index is 0.290. The third-order valence-electron chi connectivity index (χ3n) is 3.20. The second-order valence-electron chi connectivity index (χ2n) is 4.63. The van der Waals surface area contributed by atoms with E-state index >= 15 is 0 Å². The van der Waals surface area contributed by atoms with Gasteiger partial charge in [-0.05, 0) is 24.3 Å². The molecule has 0 aliphatic rings. The molecule has 0 amide bonds. The molecule has 21 heavy (non-hydrogen) atoms. The number of fused-ring (bicyclic) bond motifs is 1. The van der Waals surface area contributed by atoms with E-state index < -0.39 is 0 Å². The molecular formula is C16H10FN3O. The number of hydrogen-bond acceptors (Lipinski definition) is 3. The average molecular weight is 279 g/mol. The van der Waals surface area contributed by atoms with E-state index in [9.17, 15) is 4.39 Å². The van der Waals surface area contributed by atoms with Crippen LogP contribution in [0.15, 0.2) is 65.2 Å². The van der Waals surface area contributed by atoms with Crippen molar-refractivity contribution in [2.75, 3.05) is 0 Å². The summed E-state index contributed by atoms with van der Waals surface area (Å²) in [7, 11) is 0. The highest BCUT2D eigenvalue weighted by molar-refractivity contribution is 5.61. The molecule has 0 fully saturated rings. The van der Waals surface area contributed by atoms with E-state index in [4.69, 9.17) is 4.42 Å². The van der Waals surface area contributed by atoms with Crippen LogP contribution in [0, 0.1) is 5.82 Å². The van der Waals surface area contributed by atoms with Gasteiger partial charge in [0.1, 0.15) is 5.82 Å². The van der Waals surface area contributed by atoms with E-state index in [1.807, 2.05) is 30.3 Å². The molecule has 102 valence electrons. The summed E-state index contributed by atoms with van der Waals surface area (Å²) < 4.78 is 20.1. The highest BCUT2D eigenvalue weighted by Crippen LogP contribution is 2.23. The lowest BCUT2D eigenvalue weighted by atomic mass is 10.2. The van der Waals surface area contributed by atoms with Crippen LogP contribution in [0.3, 0.4) is 0 Å². The molecule has 0 aliphatic heterocycles. The van der Waals surface area contributed by atoms with Gasteiger partial charge in [0.05, 0.1) is 11.9 Å². The van der Waals surface area contributed by atoms with Gasteiger partial charge in [-0.1, -0.05) is 30.3 Å². The second-order valence-corrected chi connectivity index (χ2v) is 4.63. The molecule has 4 aromatic rings. The first-order valence-corrected chi connectivity index (χ1v) is 6.47. The molecule has 0 saturated heterocycles. The van der Waals surface area contributed by atoms with Crippen LogP contribution in [0.1, 0.15) is 0 Å². The molecule has 0 atom stereocenters. The Kier molecular flexibility index (Phi) is 2.57. The van der Waals surface area contributed by atoms with E-state index in [1.165, 1.54) is 12.1 Å². The summed E-state index contributed by atoms with van der Waals surface area (Å²) >= 11 is 0. The standard InChI is InChI=1S/C16H10FN3O/c17-13-8-6-12(7-9-13)15-19-20-10-14(18-16(20)21-15)11-4-2-1-3-5-11/h1-10H. The topological polar surface area (TPSA) is 43.3 Å². The molecule has 4 nitrogen and oxygen atoms in total. The minimum Gasteiger partial charge on any atom is -0.403 e. The first-order chi connectivity index (χ1) is 10.3. The predicted octanol–water partition coefficient (Wildman–Crippen LogP) is 3.80. The van der Waals surface area contributed by atoms with Crippen molar-refractivity contribution in [3.8, 4) is 22.7 Å². The van der Waals surface area contributed by atoms with Crippen LogP contribution in [0.4, 0.5) is 4.39 Å². The molecule has 0 radical (unpaired) electrons. The molecule has 0 spiro atoms. The minimum atomic E-state index is -0.290. The molecule has 0 unspecified atom stereocenters. The average Bonchev–Trinajstić information content (AvgIpc) is 3.07. The lowest BCUT2D eigenvalue weighted by molar-refractivity contribution is 0.604. The van der Waals surface area contributed by atoms with Gasteiger partial charge in [-0.2, -0.15) is 9.50 Å². The SMILES string of the molecule is Fc1ccc(-c2nn3cc(-c4ccccc4)nc3o2)cc1. The molecule has 0 aliphatic carbocycles. The Morgan fingerprint density at radius 2 is 1.67 bits per heavy atom. The number of benzene rings is 2. The molecule has 4 rings (SSSR count). The van der Waals surface area contributed by atoms with Crippen LogP contribution < -0.4 is 0 Å². The molecule has 0 saturated carbocycles. The van der Waals surface area contributed by atoms with Gasteiger partial charge in [-0.25, -0.2) is 4.39 Å².